The Hall–Kier alpha value is -3.25. The van der Waals surface area contributed by atoms with E-state index in [-0.39, 0.29) is 28.5 Å². The highest BCUT2D eigenvalue weighted by Gasteiger charge is 2.50. The summed E-state index contributed by atoms with van der Waals surface area (Å²) in [6.07, 6.45) is -4.87. The molecule has 5 rings (SSSR count). The third kappa shape index (κ3) is 9.27. The molecular weight excluding hydrogens is 736 g/mol. The number of nitrogens with two attached hydrogens (primary N) is 3. The molecule has 2 fully saturated rings. The van der Waals surface area contributed by atoms with Crippen LogP contribution in [-0.4, -0.2) is 119 Å². The fourth-order valence-electron chi connectivity index (χ4n) is 5.62. The van der Waals surface area contributed by atoms with E-state index < -0.39 is 83.8 Å². The predicted octanol–water partition coefficient (Wildman–Crippen LogP) is -2.08. The molecule has 2 unspecified atom stereocenters. The zero-order valence-electron chi connectivity index (χ0n) is 27.5. The maximum absolute atomic E-state index is 12.7. The predicted molar refractivity (Wildman–Crippen MR) is 175 cm³/mol. The second-order valence-electron chi connectivity index (χ2n) is 12.0. The van der Waals surface area contributed by atoms with Crippen molar-refractivity contribution in [1.29, 1.82) is 0 Å². The van der Waals surface area contributed by atoms with E-state index >= 15 is 0 Å². The lowest BCUT2D eigenvalue weighted by atomic mass is 10.1. The molecule has 0 bridgehead atoms. The van der Waals surface area contributed by atoms with Gasteiger partial charge in [0, 0.05) is 12.6 Å². The van der Waals surface area contributed by atoms with Gasteiger partial charge in [0.2, 0.25) is 5.95 Å². The van der Waals surface area contributed by atoms with Crippen molar-refractivity contribution in [3.63, 3.8) is 0 Å². The lowest BCUT2D eigenvalue weighted by Gasteiger charge is -2.21. The summed E-state index contributed by atoms with van der Waals surface area (Å²) in [7, 11) is -10.8. The van der Waals surface area contributed by atoms with Crippen molar-refractivity contribution < 1.29 is 71.5 Å². The summed E-state index contributed by atoms with van der Waals surface area (Å²) in [6, 6.07) is 2.84. The molecule has 0 aromatic carbocycles. The van der Waals surface area contributed by atoms with Crippen LogP contribution in [0.5, 0.6) is 0 Å². The lowest BCUT2D eigenvalue weighted by molar-refractivity contribution is -0.765. The highest BCUT2D eigenvalue weighted by molar-refractivity contribution is 7.61. The van der Waals surface area contributed by atoms with Crippen molar-refractivity contribution in [2.75, 3.05) is 37.4 Å². The van der Waals surface area contributed by atoms with Gasteiger partial charge in [-0.05, 0) is 25.5 Å². The van der Waals surface area contributed by atoms with Crippen molar-refractivity contribution in [3.05, 3.63) is 36.4 Å². The number of anilines is 2. The van der Waals surface area contributed by atoms with Gasteiger partial charge < -0.3 is 62.2 Å². The molecular formula is C27H42N9O14P2+. The molecule has 288 valence electrons. The number of unbranched alkanes of at least 4 members (excludes halogenated alkanes) is 3. The zero-order chi connectivity index (χ0) is 37.8. The number of rotatable bonds is 18. The van der Waals surface area contributed by atoms with E-state index in [9.17, 15) is 44.1 Å². The maximum atomic E-state index is 12.7. The monoisotopic (exact) mass is 778 g/mol. The van der Waals surface area contributed by atoms with E-state index in [4.69, 9.17) is 35.7 Å². The zero-order valence-corrected chi connectivity index (χ0v) is 29.3. The Morgan fingerprint density at radius 2 is 1.62 bits per heavy atom. The molecule has 3 aromatic heterocycles. The van der Waals surface area contributed by atoms with Crippen LogP contribution in [0.4, 0.5) is 11.8 Å². The molecule has 5 heterocycles. The van der Waals surface area contributed by atoms with Crippen molar-refractivity contribution in [1.82, 2.24) is 19.5 Å². The first-order valence-electron chi connectivity index (χ1n) is 16.0. The molecule has 13 N–H and O–H groups in total. The topological polar surface area (TPSA) is 356 Å². The molecule has 0 radical (unpaired) electrons. The number of nitrogens with one attached hydrogen (secondary N) is 1. The minimum absolute atomic E-state index is 0.0376. The summed E-state index contributed by atoms with van der Waals surface area (Å²) in [5.74, 6) is -0.548. The standard InChI is InChI=1S/C27H41N9O14P2/c28-7-3-1-2-4-8-31-27-34-17-22(29)32-13-33-24(17)36(27)26-21(40)19(38)16(49-26)12-47-52(44,45)50-51(42,43)46-11-15-18(37)20(39)25(48-15)35-9-5-6-14(10-35)23(30)41/h5-6,9-10,13,15-16,18-21,25-26,37-40H,1-4,7-8,11-12,28H2,(H6-,29,30,31,32,33,34,41,42,43,44,45)/p+1/t15-,16-,18-,19-,20-,21-,25-,26-/m1/s1. The van der Waals surface area contributed by atoms with Crippen LogP contribution in [0.1, 0.15) is 48.5 Å². The molecule has 2 aliphatic heterocycles. The second kappa shape index (κ2) is 16.8. The summed E-state index contributed by atoms with van der Waals surface area (Å²) in [4.78, 5) is 44.4. The smallest absolute Gasteiger partial charge is 0.387 e. The Kier molecular flexibility index (Phi) is 12.9. The Morgan fingerprint density at radius 3 is 2.29 bits per heavy atom. The maximum Gasteiger partial charge on any atom is 0.481 e. The SMILES string of the molecule is NCCCCCCNc1nc2c(N)ncnc2n1[C@@H]1O[C@H](COP(=O)(O)OP(=O)(O)OC[C@H]2O[C@@H]([n+]3cccc(C(N)=O)c3)[C@H](O)[C@@H]2O)[C@@H](O)[C@H]1O. The first-order chi connectivity index (χ1) is 24.6. The Labute approximate surface area is 295 Å². The number of aliphatic hydroxyl groups excluding tert-OH is 4. The molecule has 2 aliphatic rings. The number of carbonyl (C=O) groups is 1. The number of pyridine rings is 1. The average molecular weight is 779 g/mol. The largest absolute Gasteiger partial charge is 0.481 e. The molecule has 3 aromatic rings. The number of phosphoric ester groups is 2. The molecule has 23 nitrogen and oxygen atoms in total. The first kappa shape index (κ1) is 39.9. The third-order valence-corrected chi connectivity index (χ3v) is 10.9. The molecule has 52 heavy (non-hydrogen) atoms. The number of phosphoric acid groups is 2. The van der Waals surface area contributed by atoms with Gasteiger partial charge in [-0.15, -0.1) is 0 Å². The number of amides is 1. The number of hydrogen-bond acceptors (Lipinski definition) is 18. The van der Waals surface area contributed by atoms with E-state index in [1.807, 2.05) is 0 Å². The van der Waals surface area contributed by atoms with Crippen LogP contribution in [-0.2, 0) is 32.0 Å². The van der Waals surface area contributed by atoms with Crippen molar-refractivity contribution in [2.24, 2.45) is 11.5 Å². The molecule has 0 aliphatic carbocycles. The van der Waals surface area contributed by atoms with Crippen LogP contribution in [0, 0.1) is 0 Å². The van der Waals surface area contributed by atoms with Gasteiger partial charge in [0.15, 0.2) is 41.7 Å². The van der Waals surface area contributed by atoms with E-state index in [1.54, 1.807) is 0 Å². The Morgan fingerprint density at radius 1 is 0.962 bits per heavy atom. The summed E-state index contributed by atoms with van der Waals surface area (Å²) >= 11 is 0. The van der Waals surface area contributed by atoms with Crippen LogP contribution >= 0.6 is 15.6 Å². The van der Waals surface area contributed by atoms with E-state index in [1.165, 1.54) is 40.0 Å². The van der Waals surface area contributed by atoms with Crippen LogP contribution in [0.2, 0.25) is 0 Å². The van der Waals surface area contributed by atoms with Crippen LogP contribution in [0.15, 0.2) is 30.9 Å². The Balaban J connectivity index is 1.18. The number of aliphatic hydroxyl groups is 4. The molecule has 1 amide bonds. The molecule has 0 saturated carbocycles. The number of nitrogen functional groups attached to an aromatic ring is 1. The fourth-order valence-corrected chi connectivity index (χ4v) is 7.71. The number of primary amides is 1. The van der Waals surface area contributed by atoms with Crippen molar-refractivity contribution >= 4 is 44.5 Å². The minimum atomic E-state index is -5.43. The normalized spacial score (nSPS) is 28.5. The number of hydrogen-bond donors (Lipinski definition) is 10. The summed E-state index contributed by atoms with van der Waals surface area (Å²) in [5, 5.41) is 45.7. The Bertz CT molecular complexity index is 1810. The highest BCUT2D eigenvalue weighted by atomic mass is 31.3. The minimum Gasteiger partial charge on any atom is -0.387 e. The van der Waals surface area contributed by atoms with Gasteiger partial charge >= 0.3 is 15.6 Å². The number of aromatic nitrogens is 5. The van der Waals surface area contributed by atoms with E-state index in [0.29, 0.717) is 13.1 Å². The van der Waals surface area contributed by atoms with Gasteiger partial charge in [0.05, 0.1) is 13.2 Å². The summed E-state index contributed by atoms with van der Waals surface area (Å²) in [6.45, 7) is -0.782. The second-order valence-corrected chi connectivity index (χ2v) is 15.0. The summed E-state index contributed by atoms with van der Waals surface area (Å²) < 4.78 is 53.1. The van der Waals surface area contributed by atoms with E-state index in [2.05, 4.69) is 24.6 Å². The van der Waals surface area contributed by atoms with Crippen LogP contribution < -0.4 is 27.1 Å². The van der Waals surface area contributed by atoms with Gasteiger partial charge in [-0.2, -0.15) is 8.88 Å². The van der Waals surface area contributed by atoms with Gasteiger partial charge in [-0.3, -0.25) is 18.4 Å². The van der Waals surface area contributed by atoms with Crippen molar-refractivity contribution in [3.8, 4) is 0 Å². The van der Waals surface area contributed by atoms with Crippen LogP contribution in [0.25, 0.3) is 11.2 Å². The number of nitrogens with zero attached hydrogens (tertiary/aromatic N) is 5. The number of imidazole rings is 1. The van der Waals surface area contributed by atoms with Crippen LogP contribution in [0.3, 0.4) is 0 Å². The van der Waals surface area contributed by atoms with Gasteiger partial charge in [0.25, 0.3) is 12.1 Å². The van der Waals surface area contributed by atoms with Gasteiger partial charge in [-0.1, -0.05) is 12.8 Å². The number of fused-ring (bicyclic) bond motifs is 1. The fraction of sp³-hybridized carbons (Fsp3) is 0.593. The molecule has 0 spiro atoms. The highest BCUT2D eigenvalue weighted by Crippen LogP contribution is 2.60. The third-order valence-electron chi connectivity index (χ3n) is 8.26. The quantitative estimate of drug-likeness (QED) is 0.0376. The molecule has 2 saturated heterocycles. The summed E-state index contributed by atoms with van der Waals surface area (Å²) in [5.41, 5.74) is 17.2. The lowest BCUT2D eigenvalue weighted by Crippen LogP contribution is -2.46. The first-order valence-corrected chi connectivity index (χ1v) is 19.0. The van der Waals surface area contributed by atoms with Crippen molar-refractivity contribution in [2.45, 2.75) is 74.8 Å². The number of ether oxygens (including phenoxy) is 2. The number of carbonyl (C=O) groups excluding carboxylic acids is 1. The average Bonchev–Trinajstić information content (AvgIpc) is 3.70. The van der Waals surface area contributed by atoms with E-state index in [0.717, 1.165) is 25.7 Å². The van der Waals surface area contributed by atoms with Gasteiger partial charge in [0.1, 0.15) is 42.4 Å². The van der Waals surface area contributed by atoms with Gasteiger partial charge in [-0.25, -0.2) is 24.1 Å². The molecule has 10 atom stereocenters. The molecule has 25 heteroatoms.